The summed E-state index contributed by atoms with van der Waals surface area (Å²) in [5, 5.41) is 34.4. The van der Waals surface area contributed by atoms with Crippen molar-refractivity contribution in [2.24, 2.45) is 15.9 Å². The largest absolute Gasteiger partial charge is 0.480 e. The number of carbonyl (C=O) groups excluding carboxylic acids is 1. The highest BCUT2D eigenvalue weighted by atomic mass is 16.5. The number of nitrogens with one attached hydrogen (secondary N) is 3. The molecule has 156 valence electrons. The number of hydroxylamine groups is 1. The van der Waals surface area contributed by atoms with Crippen molar-refractivity contribution in [2.75, 3.05) is 19.6 Å². The summed E-state index contributed by atoms with van der Waals surface area (Å²) in [5.74, 6) is -1.15. The van der Waals surface area contributed by atoms with Crippen LogP contribution in [-0.4, -0.2) is 71.2 Å². The monoisotopic (exact) mass is 388 g/mol. The van der Waals surface area contributed by atoms with Crippen molar-refractivity contribution in [2.45, 2.75) is 57.5 Å². The number of oxime groups is 1. The lowest BCUT2D eigenvalue weighted by atomic mass is 10.1. The first-order valence-corrected chi connectivity index (χ1v) is 8.98. The minimum Gasteiger partial charge on any atom is -0.480 e. The van der Waals surface area contributed by atoms with Crippen LogP contribution in [0.3, 0.4) is 0 Å². The van der Waals surface area contributed by atoms with Gasteiger partial charge in [-0.15, -0.1) is 5.16 Å². The number of hydrogen-bond donors (Lipinski definition) is 7. The number of rotatable bonds is 15. The molecule has 0 aromatic heterocycles. The van der Waals surface area contributed by atoms with Crippen LogP contribution in [-0.2, 0) is 9.59 Å². The molecule has 0 rings (SSSR count). The van der Waals surface area contributed by atoms with Crippen molar-refractivity contribution in [3.8, 4) is 0 Å². The Bertz CT molecular complexity index is 486. The minimum absolute atomic E-state index is 0.311. The summed E-state index contributed by atoms with van der Waals surface area (Å²) in [6.07, 6.45) is 4.77. The van der Waals surface area contributed by atoms with E-state index in [4.69, 9.17) is 16.1 Å². The van der Waals surface area contributed by atoms with Crippen molar-refractivity contribution < 1.29 is 25.1 Å². The highest BCUT2D eigenvalue weighted by Gasteiger charge is 2.22. The smallest absolute Gasteiger partial charge is 0.326 e. The lowest BCUT2D eigenvalue weighted by Crippen LogP contribution is -2.48. The zero-order chi connectivity index (χ0) is 20.5. The van der Waals surface area contributed by atoms with Crippen LogP contribution in [0.15, 0.2) is 10.1 Å². The molecule has 0 aliphatic carbocycles. The molecule has 0 unspecified atom stereocenters. The van der Waals surface area contributed by atoms with E-state index in [0.29, 0.717) is 57.6 Å². The van der Waals surface area contributed by atoms with Crippen molar-refractivity contribution in [1.82, 2.24) is 16.1 Å². The molecule has 0 aromatic carbocycles. The van der Waals surface area contributed by atoms with E-state index in [0.717, 1.165) is 6.42 Å². The first-order chi connectivity index (χ1) is 12.9. The average Bonchev–Trinajstić information content (AvgIpc) is 2.65. The molecule has 11 heteroatoms. The summed E-state index contributed by atoms with van der Waals surface area (Å²) < 4.78 is 0. The lowest BCUT2D eigenvalue weighted by molar-refractivity contribution is -0.142. The van der Waals surface area contributed by atoms with Crippen molar-refractivity contribution >= 4 is 23.9 Å². The fourth-order valence-corrected chi connectivity index (χ4v) is 2.23. The van der Waals surface area contributed by atoms with Gasteiger partial charge < -0.3 is 26.7 Å². The number of aliphatic carboxylic acids is 1. The Labute approximate surface area is 159 Å². The molecule has 0 saturated carbocycles. The van der Waals surface area contributed by atoms with Gasteiger partial charge in [0.15, 0.2) is 0 Å². The Balaban J connectivity index is 4.06. The van der Waals surface area contributed by atoms with Crippen LogP contribution in [0, 0.1) is 0 Å². The first-order valence-electron chi connectivity index (χ1n) is 8.98. The fourth-order valence-electron chi connectivity index (χ4n) is 2.23. The highest BCUT2D eigenvalue weighted by Crippen LogP contribution is 2.04. The van der Waals surface area contributed by atoms with Gasteiger partial charge in [-0.3, -0.25) is 20.5 Å². The molecule has 0 radical (unpaired) electrons. The topological polar surface area (TPSA) is 182 Å². The van der Waals surface area contributed by atoms with Gasteiger partial charge in [-0.2, -0.15) is 0 Å². The molecule has 27 heavy (non-hydrogen) atoms. The maximum atomic E-state index is 12.1. The number of amides is 1. The van der Waals surface area contributed by atoms with Crippen LogP contribution in [0.5, 0.6) is 0 Å². The van der Waals surface area contributed by atoms with Crippen LogP contribution in [0.25, 0.3) is 0 Å². The number of unbranched alkanes of at least 4 members (excludes halogenated alkanes) is 2. The van der Waals surface area contributed by atoms with Crippen LogP contribution in [0.4, 0.5) is 0 Å². The van der Waals surface area contributed by atoms with E-state index in [1.807, 2.05) is 5.48 Å². The number of carboxylic acids is 1. The maximum Gasteiger partial charge on any atom is 0.326 e. The van der Waals surface area contributed by atoms with Crippen LogP contribution in [0.2, 0.25) is 0 Å². The van der Waals surface area contributed by atoms with Crippen molar-refractivity contribution in [3.63, 3.8) is 0 Å². The van der Waals surface area contributed by atoms with E-state index in [9.17, 15) is 14.7 Å². The SMILES string of the molecule is CC(=NCCCC[C@H](N)C(=O)N[C@@H](CCCCNCC=NO)C(=O)O)NO. The van der Waals surface area contributed by atoms with E-state index in [2.05, 4.69) is 20.8 Å². The zero-order valence-electron chi connectivity index (χ0n) is 15.7. The fraction of sp³-hybridized carbons (Fsp3) is 0.750. The third-order valence-corrected chi connectivity index (χ3v) is 3.80. The van der Waals surface area contributed by atoms with Gasteiger partial charge in [0, 0.05) is 13.1 Å². The number of hydrogen-bond acceptors (Lipinski definition) is 8. The molecule has 8 N–H and O–H groups in total. The molecule has 11 nitrogen and oxygen atoms in total. The number of nitrogens with two attached hydrogens (primary N) is 1. The summed E-state index contributed by atoms with van der Waals surface area (Å²) in [6.45, 7) is 3.22. The Morgan fingerprint density at radius 1 is 1.19 bits per heavy atom. The molecule has 2 atom stereocenters. The molecule has 0 heterocycles. The van der Waals surface area contributed by atoms with Crippen molar-refractivity contribution in [1.29, 1.82) is 0 Å². The number of nitrogens with zero attached hydrogens (tertiary/aromatic N) is 2. The summed E-state index contributed by atoms with van der Waals surface area (Å²) in [4.78, 5) is 27.4. The Kier molecular flexibility index (Phi) is 14.6. The van der Waals surface area contributed by atoms with Gasteiger partial charge in [0.05, 0.1) is 12.3 Å². The molecule has 0 saturated heterocycles. The Hall–Kier alpha value is -2.24. The predicted molar refractivity (Wildman–Crippen MR) is 101 cm³/mol. The van der Waals surface area contributed by atoms with Crippen LogP contribution in [0.1, 0.15) is 45.4 Å². The number of aliphatic imine (C=N–C) groups is 1. The van der Waals surface area contributed by atoms with Gasteiger partial charge in [0.2, 0.25) is 5.91 Å². The summed E-state index contributed by atoms with van der Waals surface area (Å²) in [6, 6.07) is -1.74. The normalized spacial score (nSPS) is 14.1. The molecule has 0 fully saturated rings. The number of amidine groups is 1. The van der Waals surface area contributed by atoms with Gasteiger partial charge in [0.25, 0.3) is 0 Å². The van der Waals surface area contributed by atoms with Gasteiger partial charge in [-0.25, -0.2) is 4.79 Å². The summed E-state index contributed by atoms with van der Waals surface area (Å²) in [7, 11) is 0. The van der Waals surface area contributed by atoms with Gasteiger partial charge >= 0.3 is 5.97 Å². The van der Waals surface area contributed by atoms with E-state index in [-0.39, 0.29) is 0 Å². The van der Waals surface area contributed by atoms with Crippen LogP contribution < -0.4 is 21.8 Å². The van der Waals surface area contributed by atoms with Crippen LogP contribution >= 0.6 is 0 Å². The van der Waals surface area contributed by atoms with E-state index in [1.165, 1.54) is 6.21 Å². The maximum absolute atomic E-state index is 12.1. The quantitative estimate of drug-likeness (QED) is 0.0654. The molecule has 0 aliphatic rings. The van der Waals surface area contributed by atoms with Gasteiger partial charge in [-0.1, -0.05) is 0 Å². The lowest BCUT2D eigenvalue weighted by Gasteiger charge is -2.18. The minimum atomic E-state index is -1.09. The second-order valence-corrected chi connectivity index (χ2v) is 6.08. The molecule has 0 aliphatic heterocycles. The van der Waals surface area contributed by atoms with Gasteiger partial charge in [-0.05, 0) is 52.0 Å². The summed E-state index contributed by atoms with van der Waals surface area (Å²) >= 11 is 0. The van der Waals surface area contributed by atoms with Gasteiger partial charge in [0.1, 0.15) is 11.9 Å². The average molecular weight is 388 g/mol. The second kappa shape index (κ2) is 16.0. The standard InChI is InChI=1S/C16H32N6O5/c1-12(22-27)19-9-5-2-6-13(17)15(23)21-14(16(24)25)7-3-4-8-18-10-11-20-26/h11,13-14,18,26-27H,2-10,17H2,1H3,(H,19,22)(H,21,23)(H,24,25)/t13-,14-/m0/s1. The number of carboxylic acid groups (broad SMARTS) is 1. The molecule has 0 spiro atoms. The molecule has 1 amide bonds. The molecule has 0 aromatic rings. The Morgan fingerprint density at radius 3 is 2.52 bits per heavy atom. The predicted octanol–water partition coefficient (Wildman–Crippen LogP) is -0.329. The molecular formula is C16H32N6O5. The zero-order valence-corrected chi connectivity index (χ0v) is 15.7. The summed E-state index contributed by atoms with van der Waals surface area (Å²) in [5.41, 5.74) is 7.76. The first kappa shape index (κ1) is 24.8. The van der Waals surface area contributed by atoms with E-state index >= 15 is 0 Å². The third kappa shape index (κ3) is 13.6. The second-order valence-electron chi connectivity index (χ2n) is 6.08. The third-order valence-electron chi connectivity index (χ3n) is 3.80. The Morgan fingerprint density at radius 2 is 1.89 bits per heavy atom. The molecule has 0 bridgehead atoms. The van der Waals surface area contributed by atoms with Crippen molar-refractivity contribution in [3.05, 3.63) is 0 Å². The number of carbonyl (C=O) groups is 2. The molecular weight excluding hydrogens is 356 g/mol. The highest BCUT2D eigenvalue weighted by molar-refractivity contribution is 5.86. The van der Waals surface area contributed by atoms with E-state index in [1.54, 1.807) is 6.92 Å². The van der Waals surface area contributed by atoms with E-state index < -0.39 is 24.0 Å².